The standard InChI is InChI=1S/C17H22N4O4S/c1-2-21-11-15(10-18-21)19-26(23,24)16-8-9-20(12-16)17(22)25-13-14-6-4-3-5-7-14/h3-7,10-11,16,19H,2,8-9,12-13H2,1H3/t16-/m0/s1. The first-order valence-electron chi connectivity index (χ1n) is 8.47. The molecular weight excluding hydrogens is 356 g/mol. The van der Waals surface area contributed by atoms with Crippen LogP contribution in [0.3, 0.4) is 0 Å². The van der Waals surface area contributed by atoms with Crippen LogP contribution in [0, 0.1) is 0 Å². The van der Waals surface area contributed by atoms with Gasteiger partial charge in [-0.15, -0.1) is 0 Å². The number of nitrogens with zero attached hydrogens (tertiary/aromatic N) is 3. The zero-order chi connectivity index (χ0) is 18.6. The van der Waals surface area contributed by atoms with E-state index in [2.05, 4.69) is 9.82 Å². The normalized spacial score (nSPS) is 17.3. The minimum Gasteiger partial charge on any atom is -0.445 e. The van der Waals surface area contributed by atoms with Crippen LogP contribution in [0.5, 0.6) is 0 Å². The van der Waals surface area contributed by atoms with Gasteiger partial charge in [-0.05, 0) is 18.9 Å². The molecule has 9 heteroatoms. The highest BCUT2D eigenvalue weighted by Gasteiger charge is 2.36. The molecule has 1 aliphatic rings. The first kappa shape index (κ1) is 18.2. The molecule has 0 saturated carbocycles. The molecule has 0 radical (unpaired) electrons. The maximum absolute atomic E-state index is 12.5. The minimum atomic E-state index is -3.59. The Balaban J connectivity index is 1.54. The maximum Gasteiger partial charge on any atom is 0.410 e. The fourth-order valence-corrected chi connectivity index (χ4v) is 4.19. The number of hydrogen-bond acceptors (Lipinski definition) is 5. The summed E-state index contributed by atoms with van der Waals surface area (Å²) in [6.07, 6.45) is 2.99. The summed E-state index contributed by atoms with van der Waals surface area (Å²) >= 11 is 0. The molecule has 1 amide bonds. The van der Waals surface area contributed by atoms with Crippen LogP contribution in [0.1, 0.15) is 18.9 Å². The fraction of sp³-hybridized carbons (Fsp3) is 0.412. The summed E-state index contributed by atoms with van der Waals surface area (Å²) in [7, 11) is -3.59. The number of hydrogen-bond donors (Lipinski definition) is 1. The Morgan fingerprint density at radius 1 is 1.35 bits per heavy atom. The number of aryl methyl sites for hydroxylation is 1. The van der Waals surface area contributed by atoms with E-state index in [4.69, 9.17) is 4.74 Å². The lowest BCUT2D eigenvalue weighted by atomic mass is 10.2. The Hall–Kier alpha value is -2.55. The van der Waals surface area contributed by atoms with Gasteiger partial charge in [-0.2, -0.15) is 5.10 Å². The largest absolute Gasteiger partial charge is 0.445 e. The van der Waals surface area contributed by atoms with Crippen molar-refractivity contribution < 1.29 is 17.9 Å². The van der Waals surface area contributed by atoms with Crippen molar-refractivity contribution in [2.24, 2.45) is 0 Å². The predicted octanol–water partition coefficient (Wildman–Crippen LogP) is 2.06. The van der Waals surface area contributed by atoms with Crippen LogP contribution < -0.4 is 4.72 Å². The molecule has 1 N–H and O–H groups in total. The van der Waals surface area contributed by atoms with Gasteiger partial charge < -0.3 is 9.64 Å². The van der Waals surface area contributed by atoms with Crippen molar-refractivity contribution in [1.29, 1.82) is 0 Å². The summed E-state index contributed by atoms with van der Waals surface area (Å²) in [6, 6.07) is 9.36. The highest BCUT2D eigenvalue weighted by atomic mass is 32.2. The van der Waals surface area contributed by atoms with Crippen molar-refractivity contribution in [3.05, 3.63) is 48.3 Å². The Kier molecular flexibility index (Phi) is 5.46. The number of carbonyl (C=O) groups excluding carboxylic acids is 1. The second kappa shape index (κ2) is 7.77. The topological polar surface area (TPSA) is 93.5 Å². The molecule has 2 heterocycles. The summed E-state index contributed by atoms with van der Waals surface area (Å²) < 4.78 is 34.5. The van der Waals surface area contributed by atoms with Gasteiger partial charge in [0.1, 0.15) is 6.61 Å². The molecule has 1 aliphatic heterocycles. The van der Waals surface area contributed by atoms with Crippen molar-refractivity contribution >= 4 is 21.8 Å². The Bertz CT molecular complexity index is 851. The molecule has 1 fully saturated rings. The second-order valence-electron chi connectivity index (χ2n) is 6.13. The molecule has 1 saturated heterocycles. The van der Waals surface area contributed by atoms with E-state index >= 15 is 0 Å². The number of benzene rings is 1. The maximum atomic E-state index is 12.5. The van der Waals surface area contributed by atoms with Gasteiger partial charge in [0.15, 0.2) is 0 Å². The lowest BCUT2D eigenvalue weighted by Crippen LogP contribution is -2.34. The lowest BCUT2D eigenvalue weighted by molar-refractivity contribution is 0.104. The molecule has 3 rings (SSSR count). The van der Waals surface area contributed by atoms with Crippen molar-refractivity contribution in [3.8, 4) is 0 Å². The van der Waals surface area contributed by atoms with Gasteiger partial charge in [0.2, 0.25) is 10.0 Å². The van der Waals surface area contributed by atoms with E-state index < -0.39 is 21.4 Å². The van der Waals surface area contributed by atoms with Crippen LogP contribution in [-0.4, -0.2) is 47.5 Å². The SMILES string of the molecule is CCn1cc(NS(=O)(=O)[C@H]2CCN(C(=O)OCc3ccccc3)C2)cn1. The van der Waals surface area contributed by atoms with Crippen LogP contribution in [-0.2, 0) is 27.9 Å². The van der Waals surface area contributed by atoms with Crippen molar-refractivity contribution in [1.82, 2.24) is 14.7 Å². The zero-order valence-electron chi connectivity index (χ0n) is 14.5. The van der Waals surface area contributed by atoms with E-state index in [0.717, 1.165) is 5.56 Å². The van der Waals surface area contributed by atoms with Crippen LogP contribution >= 0.6 is 0 Å². The molecule has 8 nitrogen and oxygen atoms in total. The van der Waals surface area contributed by atoms with Gasteiger partial charge in [0, 0.05) is 25.8 Å². The molecule has 1 aromatic heterocycles. The number of aromatic nitrogens is 2. The molecule has 0 spiro atoms. The summed E-state index contributed by atoms with van der Waals surface area (Å²) in [4.78, 5) is 13.6. The monoisotopic (exact) mass is 378 g/mol. The van der Waals surface area contributed by atoms with Gasteiger partial charge in [-0.3, -0.25) is 9.40 Å². The van der Waals surface area contributed by atoms with Gasteiger partial charge in [-0.1, -0.05) is 30.3 Å². The summed E-state index contributed by atoms with van der Waals surface area (Å²) in [5.74, 6) is 0. The van der Waals surface area contributed by atoms with E-state index in [1.807, 2.05) is 37.3 Å². The summed E-state index contributed by atoms with van der Waals surface area (Å²) in [5.41, 5.74) is 1.32. The molecule has 0 aliphatic carbocycles. The smallest absolute Gasteiger partial charge is 0.410 e. The molecule has 1 aromatic carbocycles. The molecule has 140 valence electrons. The van der Waals surface area contributed by atoms with E-state index in [9.17, 15) is 13.2 Å². The third-order valence-electron chi connectivity index (χ3n) is 4.26. The summed E-state index contributed by atoms with van der Waals surface area (Å²) in [6.45, 7) is 3.22. The van der Waals surface area contributed by atoms with Crippen LogP contribution in [0.4, 0.5) is 10.5 Å². The number of sulfonamides is 1. The predicted molar refractivity (Wildman–Crippen MR) is 97.0 cm³/mol. The number of amides is 1. The minimum absolute atomic E-state index is 0.116. The Morgan fingerprint density at radius 2 is 2.12 bits per heavy atom. The Morgan fingerprint density at radius 3 is 2.81 bits per heavy atom. The van der Waals surface area contributed by atoms with Crippen molar-refractivity contribution in [3.63, 3.8) is 0 Å². The number of likely N-dealkylation sites (tertiary alicyclic amines) is 1. The molecular formula is C17H22N4O4S. The quantitative estimate of drug-likeness (QED) is 0.830. The van der Waals surface area contributed by atoms with E-state index in [1.165, 1.54) is 11.1 Å². The number of nitrogens with one attached hydrogen (secondary N) is 1. The average molecular weight is 378 g/mol. The highest BCUT2D eigenvalue weighted by Crippen LogP contribution is 2.20. The summed E-state index contributed by atoms with van der Waals surface area (Å²) in [5, 5.41) is 3.38. The molecule has 26 heavy (non-hydrogen) atoms. The Labute approximate surface area is 152 Å². The molecule has 0 bridgehead atoms. The van der Waals surface area contributed by atoms with Crippen LogP contribution in [0.25, 0.3) is 0 Å². The number of ether oxygens (including phenoxy) is 1. The van der Waals surface area contributed by atoms with Crippen molar-refractivity contribution in [2.75, 3.05) is 17.8 Å². The first-order chi connectivity index (χ1) is 12.5. The first-order valence-corrected chi connectivity index (χ1v) is 10.0. The fourth-order valence-electron chi connectivity index (χ4n) is 2.79. The van der Waals surface area contributed by atoms with Crippen molar-refractivity contribution in [2.45, 2.75) is 31.7 Å². The number of rotatable bonds is 6. The number of anilines is 1. The molecule has 1 atom stereocenters. The van der Waals surface area contributed by atoms with E-state index in [1.54, 1.807) is 10.9 Å². The lowest BCUT2D eigenvalue weighted by Gasteiger charge is -2.17. The van der Waals surface area contributed by atoms with Crippen LogP contribution in [0.2, 0.25) is 0 Å². The zero-order valence-corrected chi connectivity index (χ0v) is 15.4. The van der Waals surface area contributed by atoms with E-state index in [0.29, 0.717) is 25.2 Å². The average Bonchev–Trinajstić information content (AvgIpc) is 3.30. The van der Waals surface area contributed by atoms with Gasteiger partial charge in [0.05, 0.1) is 17.1 Å². The second-order valence-corrected chi connectivity index (χ2v) is 8.09. The van der Waals surface area contributed by atoms with Crippen LogP contribution in [0.15, 0.2) is 42.7 Å². The number of carbonyl (C=O) groups is 1. The van der Waals surface area contributed by atoms with Gasteiger partial charge in [-0.25, -0.2) is 13.2 Å². The van der Waals surface area contributed by atoms with Gasteiger partial charge in [0.25, 0.3) is 0 Å². The third kappa shape index (κ3) is 4.34. The van der Waals surface area contributed by atoms with Gasteiger partial charge >= 0.3 is 6.09 Å². The third-order valence-corrected chi connectivity index (χ3v) is 6.05. The van der Waals surface area contributed by atoms with E-state index in [-0.39, 0.29) is 13.2 Å². The molecule has 2 aromatic rings. The highest BCUT2D eigenvalue weighted by molar-refractivity contribution is 7.93. The molecule has 0 unspecified atom stereocenters.